The lowest BCUT2D eigenvalue weighted by Gasteiger charge is -2.09. The molecule has 1 rings (SSSR count). The standard InChI is InChI=1S/C12H13ClO4S/c1-3-9-4-5-10(12(14)15)6-11(9)18(16,17)7-8(2)13/h4-6H,2-3,7H2,1H3,(H,14,15). The topological polar surface area (TPSA) is 71.4 Å². The Labute approximate surface area is 111 Å². The van der Waals surface area contributed by atoms with Crippen molar-refractivity contribution in [1.82, 2.24) is 0 Å². The van der Waals surface area contributed by atoms with Crippen LogP contribution in [0.15, 0.2) is 34.7 Å². The third-order valence-corrected chi connectivity index (χ3v) is 4.45. The first-order chi connectivity index (χ1) is 8.27. The summed E-state index contributed by atoms with van der Waals surface area (Å²) in [4.78, 5) is 10.9. The number of carbonyl (C=O) groups is 1. The van der Waals surface area contributed by atoms with Crippen LogP contribution in [-0.2, 0) is 16.3 Å². The van der Waals surface area contributed by atoms with Gasteiger partial charge in [0.25, 0.3) is 0 Å². The van der Waals surface area contributed by atoms with Gasteiger partial charge in [-0.2, -0.15) is 0 Å². The summed E-state index contributed by atoms with van der Waals surface area (Å²) in [5.41, 5.74) is 0.504. The largest absolute Gasteiger partial charge is 0.478 e. The molecule has 1 aromatic carbocycles. The van der Waals surface area contributed by atoms with Gasteiger partial charge in [-0.1, -0.05) is 31.2 Å². The molecule has 18 heavy (non-hydrogen) atoms. The zero-order chi connectivity index (χ0) is 13.9. The molecule has 0 saturated heterocycles. The number of hydrogen-bond donors (Lipinski definition) is 1. The van der Waals surface area contributed by atoms with Crippen molar-refractivity contribution < 1.29 is 18.3 Å². The SMILES string of the molecule is C=C(Cl)CS(=O)(=O)c1cc(C(=O)O)ccc1CC. The first-order valence-electron chi connectivity index (χ1n) is 5.20. The fourth-order valence-electron chi connectivity index (χ4n) is 1.55. The molecule has 0 aromatic heterocycles. The van der Waals surface area contributed by atoms with E-state index in [0.717, 1.165) is 6.07 Å². The minimum atomic E-state index is -3.65. The van der Waals surface area contributed by atoms with Gasteiger partial charge in [0.15, 0.2) is 9.84 Å². The Balaban J connectivity index is 3.41. The number of benzene rings is 1. The van der Waals surface area contributed by atoms with Crippen LogP contribution in [0.4, 0.5) is 0 Å². The molecule has 0 bridgehead atoms. The molecule has 0 aliphatic rings. The van der Waals surface area contributed by atoms with Crippen molar-refractivity contribution >= 4 is 27.4 Å². The Kier molecular flexibility index (Phi) is 4.53. The number of hydrogen-bond acceptors (Lipinski definition) is 3. The van der Waals surface area contributed by atoms with Crippen LogP contribution < -0.4 is 0 Å². The summed E-state index contributed by atoms with van der Waals surface area (Å²) in [7, 11) is -3.65. The van der Waals surface area contributed by atoms with Gasteiger partial charge in [-0.15, -0.1) is 0 Å². The van der Waals surface area contributed by atoms with Crippen LogP contribution in [0.25, 0.3) is 0 Å². The molecule has 1 N–H and O–H groups in total. The normalized spacial score (nSPS) is 11.2. The average molecular weight is 289 g/mol. The summed E-state index contributed by atoms with van der Waals surface area (Å²) in [6.45, 7) is 5.14. The highest BCUT2D eigenvalue weighted by Crippen LogP contribution is 2.22. The summed E-state index contributed by atoms with van der Waals surface area (Å²) in [6, 6.07) is 4.05. The number of halogens is 1. The van der Waals surface area contributed by atoms with Gasteiger partial charge < -0.3 is 5.11 Å². The fraction of sp³-hybridized carbons (Fsp3) is 0.250. The van der Waals surface area contributed by atoms with Crippen LogP contribution in [0.1, 0.15) is 22.8 Å². The monoisotopic (exact) mass is 288 g/mol. The summed E-state index contributed by atoms with van der Waals surface area (Å²) < 4.78 is 24.1. The highest BCUT2D eigenvalue weighted by molar-refractivity contribution is 7.91. The van der Waals surface area contributed by atoms with Crippen molar-refractivity contribution in [1.29, 1.82) is 0 Å². The van der Waals surface area contributed by atoms with Crippen LogP contribution in [-0.4, -0.2) is 25.2 Å². The van der Waals surface area contributed by atoms with Crippen LogP contribution >= 0.6 is 11.6 Å². The van der Waals surface area contributed by atoms with Crippen molar-refractivity contribution in [3.8, 4) is 0 Å². The molecule has 0 amide bonds. The molecule has 0 atom stereocenters. The van der Waals surface area contributed by atoms with Crippen LogP contribution in [0.2, 0.25) is 0 Å². The molecule has 0 heterocycles. The van der Waals surface area contributed by atoms with Crippen LogP contribution in [0.3, 0.4) is 0 Å². The summed E-state index contributed by atoms with van der Waals surface area (Å²) in [6.07, 6.45) is 0.489. The van der Waals surface area contributed by atoms with E-state index in [1.807, 2.05) is 0 Å². The van der Waals surface area contributed by atoms with Crippen molar-refractivity contribution in [2.24, 2.45) is 0 Å². The number of aryl methyl sites for hydroxylation is 1. The number of aromatic carboxylic acids is 1. The number of sulfone groups is 1. The van der Waals surface area contributed by atoms with Gasteiger partial charge in [-0.3, -0.25) is 0 Å². The van der Waals surface area contributed by atoms with E-state index < -0.39 is 21.6 Å². The third-order valence-electron chi connectivity index (χ3n) is 2.38. The van der Waals surface area contributed by atoms with Crippen molar-refractivity contribution in [2.45, 2.75) is 18.2 Å². The molecular formula is C12H13ClO4S. The fourth-order valence-corrected chi connectivity index (χ4v) is 3.47. The predicted molar refractivity (Wildman–Crippen MR) is 69.8 cm³/mol. The zero-order valence-electron chi connectivity index (χ0n) is 9.81. The average Bonchev–Trinajstić information content (AvgIpc) is 2.26. The lowest BCUT2D eigenvalue weighted by molar-refractivity contribution is 0.0696. The highest BCUT2D eigenvalue weighted by Gasteiger charge is 2.20. The Hall–Kier alpha value is -1.33. The minimum absolute atomic E-state index is 0.00205. The Morgan fingerprint density at radius 3 is 2.50 bits per heavy atom. The first-order valence-corrected chi connectivity index (χ1v) is 7.23. The van der Waals surface area contributed by atoms with Gasteiger partial charge in [0.2, 0.25) is 0 Å². The van der Waals surface area contributed by atoms with Crippen LogP contribution in [0.5, 0.6) is 0 Å². The molecule has 0 aliphatic heterocycles. The van der Waals surface area contributed by atoms with E-state index in [1.54, 1.807) is 6.92 Å². The molecule has 0 fully saturated rings. The molecule has 0 saturated carbocycles. The lowest BCUT2D eigenvalue weighted by atomic mass is 10.1. The molecule has 0 unspecified atom stereocenters. The second-order valence-corrected chi connectivity index (χ2v) is 6.25. The summed E-state index contributed by atoms with van der Waals surface area (Å²) >= 11 is 5.52. The quantitative estimate of drug-likeness (QED) is 0.903. The maximum absolute atomic E-state index is 12.1. The Morgan fingerprint density at radius 1 is 1.44 bits per heavy atom. The number of carboxylic acids is 1. The van der Waals surface area contributed by atoms with E-state index >= 15 is 0 Å². The second-order valence-electron chi connectivity index (χ2n) is 3.76. The van der Waals surface area contributed by atoms with Gasteiger partial charge in [0, 0.05) is 5.03 Å². The maximum Gasteiger partial charge on any atom is 0.335 e. The first kappa shape index (κ1) is 14.7. The zero-order valence-corrected chi connectivity index (χ0v) is 11.4. The molecule has 98 valence electrons. The van der Waals surface area contributed by atoms with Gasteiger partial charge in [-0.05, 0) is 24.1 Å². The van der Waals surface area contributed by atoms with E-state index in [4.69, 9.17) is 16.7 Å². The maximum atomic E-state index is 12.1. The van der Waals surface area contributed by atoms with E-state index in [9.17, 15) is 13.2 Å². The second kappa shape index (κ2) is 5.54. The Morgan fingerprint density at radius 2 is 2.06 bits per heavy atom. The number of rotatable bonds is 5. The van der Waals surface area contributed by atoms with E-state index in [2.05, 4.69) is 6.58 Å². The molecule has 4 nitrogen and oxygen atoms in total. The molecule has 0 aliphatic carbocycles. The third kappa shape index (κ3) is 3.34. The molecule has 0 spiro atoms. The minimum Gasteiger partial charge on any atom is -0.478 e. The Bertz CT molecular complexity index is 590. The van der Waals surface area contributed by atoms with Crippen molar-refractivity contribution in [3.63, 3.8) is 0 Å². The van der Waals surface area contributed by atoms with E-state index in [1.165, 1.54) is 12.1 Å². The smallest absolute Gasteiger partial charge is 0.335 e. The van der Waals surface area contributed by atoms with Gasteiger partial charge in [0.05, 0.1) is 16.2 Å². The van der Waals surface area contributed by atoms with Crippen molar-refractivity contribution in [2.75, 3.05) is 5.75 Å². The van der Waals surface area contributed by atoms with Gasteiger partial charge in [0.1, 0.15) is 0 Å². The van der Waals surface area contributed by atoms with Gasteiger partial charge in [-0.25, -0.2) is 13.2 Å². The predicted octanol–water partition coefficient (Wildman–Crippen LogP) is 2.47. The van der Waals surface area contributed by atoms with Crippen molar-refractivity contribution in [3.05, 3.63) is 40.9 Å². The highest BCUT2D eigenvalue weighted by atomic mass is 35.5. The molecular weight excluding hydrogens is 276 g/mol. The van der Waals surface area contributed by atoms with Crippen LogP contribution in [0, 0.1) is 0 Å². The number of carboxylic acid groups (broad SMARTS) is 1. The molecule has 6 heteroatoms. The lowest BCUT2D eigenvalue weighted by Crippen LogP contribution is -2.11. The van der Waals surface area contributed by atoms with E-state index in [-0.39, 0.29) is 15.5 Å². The van der Waals surface area contributed by atoms with E-state index in [0.29, 0.717) is 12.0 Å². The van der Waals surface area contributed by atoms with Gasteiger partial charge >= 0.3 is 5.97 Å². The molecule has 0 radical (unpaired) electrons. The summed E-state index contributed by atoms with van der Waals surface area (Å²) in [5, 5.41) is 8.88. The molecule has 1 aromatic rings. The summed E-state index contributed by atoms with van der Waals surface area (Å²) in [5.74, 6) is -1.57.